The molecule has 1 aliphatic rings. The van der Waals surface area contributed by atoms with Crippen molar-refractivity contribution in [3.63, 3.8) is 0 Å². The molecule has 30 heavy (non-hydrogen) atoms. The Kier molecular flexibility index (Phi) is 5.30. The number of nitrogens with zero attached hydrogens (tertiary/aromatic N) is 1. The average molecular weight is 457 g/mol. The molecule has 3 rings (SSSR count). The molecule has 164 valence electrons. The van der Waals surface area contributed by atoms with Crippen molar-refractivity contribution in [2.75, 3.05) is 10.8 Å². The number of fused-ring (bicyclic) bond motifs is 1. The lowest BCUT2D eigenvalue weighted by molar-refractivity contribution is -0.376. The average Bonchev–Trinajstić information content (AvgIpc) is 2.65. The van der Waals surface area contributed by atoms with Gasteiger partial charge in [-0.25, -0.2) is 12.8 Å². The van der Waals surface area contributed by atoms with Crippen molar-refractivity contribution in [3.8, 4) is 0 Å². The molecular weight excluding hydrogens is 443 g/mol. The van der Waals surface area contributed by atoms with Crippen LogP contribution in [0.15, 0.2) is 47.4 Å². The predicted molar refractivity (Wildman–Crippen MR) is 91.7 cm³/mol. The molecule has 2 aromatic rings. The van der Waals surface area contributed by atoms with Crippen molar-refractivity contribution in [1.82, 2.24) is 0 Å². The molecule has 0 saturated heterocycles. The third-order valence-corrected chi connectivity index (χ3v) is 6.62. The van der Waals surface area contributed by atoms with Crippen molar-refractivity contribution in [1.29, 1.82) is 0 Å². The summed E-state index contributed by atoms with van der Waals surface area (Å²) in [6, 6.07) is 5.54. The van der Waals surface area contributed by atoms with E-state index in [1.54, 1.807) is 0 Å². The molecule has 4 nitrogen and oxygen atoms in total. The summed E-state index contributed by atoms with van der Waals surface area (Å²) in [5.74, 6) is -0.684. The number of aryl methyl sites for hydroxylation is 1. The van der Waals surface area contributed by atoms with Crippen LogP contribution in [0.5, 0.6) is 0 Å². The second-order valence-electron chi connectivity index (χ2n) is 6.68. The smallest absolute Gasteiger partial charge is 0.369 e. The molecule has 0 aromatic heterocycles. The van der Waals surface area contributed by atoms with Crippen LogP contribution in [0.2, 0.25) is 0 Å². The summed E-state index contributed by atoms with van der Waals surface area (Å²) in [6.07, 6.45) is -12.0. The van der Waals surface area contributed by atoms with Gasteiger partial charge in [-0.2, -0.15) is 26.3 Å². The van der Waals surface area contributed by atoms with Crippen molar-refractivity contribution in [2.45, 2.75) is 35.7 Å². The van der Waals surface area contributed by atoms with Gasteiger partial charge in [0.25, 0.3) is 15.6 Å². The van der Waals surface area contributed by atoms with Crippen LogP contribution in [-0.2, 0) is 22.0 Å². The topological polar surface area (TPSA) is 57.6 Å². The van der Waals surface area contributed by atoms with Gasteiger partial charge < -0.3 is 5.11 Å². The Bertz CT molecular complexity index is 1030. The van der Waals surface area contributed by atoms with Gasteiger partial charge in [0.1, 0.15) is 5.82 Å². The van der Waals surface area contributed by atoms with Crippen LogP contribution in [0, 0.1) is 5.82 Å². The third kappa shape index (κ3) is 3.51. The summed E-state index contributed by atoms with van der Waals surface area (Å²) >= 11 is 0. The van der Waals surface area contributed by atoms with E-state index in [0.717, 1.165) is 34.6 Å². The van der Waals surface area contributed by atoms with Crippen molar-refractivity contribution in [3.05, 3.63) is 59.4 Å². The van der Waals surface area contributed by atoms with E-state index in [-0.39, 0.29) is 35.5 Å². The molecule has 0 saturated carbocycles. The van der Waals surface area contributed by atoms with E-state index in [1.165, 1.54) is 0 Å². The van der Waals surface area contributed by atoms with Gasteiger partial charge in [-0.05, 0) is 48.7 Å². The Morgan fingerprint density at radius 2 is 1.47 bits per heavy atom. The summed E-state index contributed by atoms with van der Waals surface area (Å²) in [5.41, 5.74) is -6.77. The minimum Gasteiger partial charge on any atom is -0.369 e. The normalized spacial score (nSPS) is 15.8. The summed E-state index contributed by atoms with van der Waals surface area (Å²) in [6.45, 7) is -0.0745. The molecule has 2 aromatic carbocycles. The van der Waals surface area contributed by atoms with Gasteiger partial charge in [0, 0.05) is 12.1 Å². The highest BCUT2D eigenvalue weighted by molar-refractivity contribution is 7.92. The van der Waals surface area contributed by atoms with E-state index in [1.807, 2.05) is 0 Å². The Balaban J connectivity index is 2.10. The van der Waals surface area contributed by atoms with E-state index >= 15 is 0 Å². The Hall–Kier alpha value is -2.34. The number of halogens is 7. The van der Waals surface area contributed by atoms with Crippen LogP contribution in [0.1, 0.15) is 17.5 Å². The summed E-state index contributed by atoms with van der Waals surface area (Å²) in [5, 5.41) is 9.57. The molecular formula is C18H14F7NO3S. The standard InChI is InChI=1S/C18H14F7NO3S/c19-13-4-6-14(7-5-13)30(28,29)26-9-1-2-11-10-12(3-8-15(11)26)16(27,17(20,21)22)18(23,24)25/h3-8,10,27H,1-2,9H2. The summed E-state index contributed by atoms with van der Waals surface area (Å²) in [7, 11) is -4.24. The van der Waals surface area contributed by atoms with E-state index in [0.29, 0.717) is 12.1 Å². The molecule has 0 bridgehead atoms. The maximum Gasteiger partial charge on any atom is 0.430 e. The fourth-order valence-electron chi connectivity index (χ4n) is 3.26. The van der Waals surface area contributed by atoms with E-state index in [4.69, 9.17) is 0 Å². The Morgan fingerprint density at radius 3 is 2.00 bits per heavy atom. The second-order valence-corrected chi connectivity index (χ2v) is 8.55. The first kappa shape index (κ1) is 22.3. The highest BCUT2D eigenvalue weighted by atomic mass is 32.2. The highest BCUT2D eigenvalue weighted by Crippen LogP contribution is 2.51. The Labute approximate surface area is 166 Å². The lowest BCUT2D eigenvalue weighted by Crippen LogP contribution is -2.54. The largest absolute Gasteiger partial charge is 0.430 e. The molecule has 0 spiro atoms. The number of aliphatic hydroxyl groups is 1. The lowest BCUT2D eigenvalue weighted by Gasteiger charge is -2.35. The van der Waals surface area contributed by atoms with Crippen LogP contribution in [0.4, 0.5) is 36.4 Å². The first-order chi connectivity index (χ1) is 13.7. The van der Waals surface area contributed by atoms with Crippen molar-refractivity contribution in [2.24, 2.45) is 0 Å². The molecule has 0 unspecified atom stereocenters. The summed E-state index contributed by atoms with van der Waals surface area (Å²) < 4.78 is 118. The van der Waals surface area contributed by atoms with Crippen LogP contribution in [-0.4, -0.2) is 32.4 Å². The number of alkyl halides is 6. The molecule has 12 heteroatoms. The van der Waals surface area contributed by atoms with E-state index < -0.39 is 39.4 Å². The molecule has 1 heterocycles. The van der Waals surface area contributed by atoms with Crippen LogP contribution in [0.25, 0.3) is 0 Å². The van der Waals surface area contributed by atoms with Gasteiger partial charge >= 0.3 is 12.4 Å². The number of rotatable bonds is 3. The van der Waals surface area contributed by atoms with Crippen molar-refractivity contribution < 1.29 is 44.3 Å². The van der Waals surface area contributed by atoms with Gasteiger partial charge in [-0.15, -0.1) is 0 Å². The maximum absolute atomic E-state index is 13.1. The molecule has 1 aliphatic heterocycles. The fourth-order valence-corrected chi connectivity index (χ4v) is 4.80. The maximum atomic E-state index is 13.1. The molecule has 0 amide bonds. The third-order valence-electron chi connectivity index (χ3n) is 4.80. The molecule has 0 atom stereocenters. The Morgan fingerprint density at radius 1 is 0.900 bits per heavy atom. The quantitative estimate of drug-likeness (QED) is 0.701. The SMILES string of the molecule is O=S(=O)(c1ccc(F)cc1)N1CCCc2cc(C(O)(C(F)(F)F)C(F)(F)F)ccc21. The van der Waals surface area contributed by atoms with Crippen LogP contribution >= 0.6 is 0 Å². The van der Waals surface area contributed by atoms with Gasteiger partial charge in [-0.3, -0.25) is 4.31 Å². The monoisotopic (exact) mass is 457 g/mol. The zero-order valence-corrected chi connectivity index (χ0v) is 15.7. The first-order valence-electron chi connectivity index (χ1n) is 8.47. The number of benzene rings is 2. The molecule has 0 aliphatic carbocycles. The van der Waals surface area contributed by atoms with Gasteiger partial charge in [0.2, 0.25) is 0 Å². The highest BCUT2D eigenvalue weighted by Gasteiger charge is 2.71. The molecule has 1 N–H and O–H groups in total. The number of sulfonamides is 1. The fraction of sp³-hybridized carbons (Fsp3) is 0.333. The zero-order valence-electron chi connectivity index (χ0n) is 14.9. The number of hydrogen-bond acceptors (Lipinski definition) is 3. The van der Waals surface area contributed by atoms with Gasteiger partial charge in [0.15, 0.2) is 0 Å². The predicted octanol–water partition coefficient (Wildman–Crippen LogP) is 4.28. The van der Waals surface area contributed by atoms with E-state index in [2.05, 4.69) is 0 Å². The lowest BCUT2D eigenvalue weighted by atomic mass is 9.89. The van der Waals surface area contributed by atoms with Crippen LogP contribution in [0.3, 0.4) is 0 Å². The van der Waals surface area contributed by atoms with Gasteiger partial charge in [-0.1, -0.05) is 12.1 Å². The summed E-state index contributed by atoms with van der Waals surface area (Å²) in [4.78, 5) is -0.289. The first-order valence-corrected chi connectivity index (χ1v) is 9.91. The minimum atomic E-state index is -6.05. The van der Waals surface area contributed by atoms with E-state index in [9.17, 15) is 44.3 Å². The number of anilines is 1. The van der Waals surface area contributed by atoms with Crippen LogP contribution < -0.4 is 4.31 Å². The second kappa shape index (κ2) is 7.12. The minimum absolute atomic E-state index is 0.00437. The number of hydrogen-bond donors (Lipinski definition) is 1. The molecule has 0 radical (unpaired) electrons. The van der Waals surface area contributed by atoms with Gasteiger partial charge in [0.05, 0.1) is 10.6 Å². The van der Waals surface area contributed by atoms with Crippen molar-refractivity contribution >= 4 is 15.7 Å². The zero-order chi connectivity index (χ0) is 22.5. The molecule has 0 fully saturated rings.